The summed E-state index contributed by atoms with van der Waals surface area (Å²) in [6.45, 7) is 4.56. The van der Waals surface area contributed by atoms with Crippen LogP contribution in [0.5, 0.6) is 0 Å². The Morgan fingerprint density at radius 1 is 0.778 bits per heavy atom. The molecule has 0 aliphatic heterocycles. The number of carboxylic acid groups (broad SMARTS) is 2. The molecule has 0 amide bonds. The number of hydrogen-bond donors (Lipinski definition) is 2. The van der Waals surface area contributed by atoms with E-state index >= 15 is 0 Å². The van der Waals surface area contributed by atoms with Crippen molar-refractivity contribution in [2.45, 2.75) is 20.8 Å². The fourth-order valence-electron chi connectivity index (χ4n) is 2.36. The molecule has 0 bridgehead atoms. The van der Waals surface area contributed by atoms with Gasteiger partial charge in [0.05, 0.1) is 21.0 Å². The maximum Gasteiger partial charge on any atom is 0.335 e. The van der Waals surface area contributed by atoms with Crippen LogP contribution in [0.3, 0.4) is 0 Å². The third-order valence-corrected chi connectivity index (χ3v) is 3.56. The van der Waals surface area contributed by atoms with Gasteiger partial charge in [-0.25, -0.2) is 9.59 Å². The fourth-order valence-corrected chi connectivity index (χ4v) is 2.36. The monoisotopic (exact) mass is 376 g/mol. The summed E-state index contributed by atoms with van der Waals surface area (Å²) in [6.07, 6.45) is 0. The molecule has 0 saturated heterocycles. The lowest BCUT2D eigenvalue weighted by molar-refractivity contribution is -0.386. The second-order valence-corrected chi connectivity index (χ2v) is 5.58. The van der Waals surface area contributed by atoms with Crippen molar-refractivity contribution in [3.05, 3.63) is 78.4 Å². The van der Waals surface area contributed by atoms with Crippen molar-refractivity contribution in [2.24, 2.45) is 0 Å². The first-order valence-corrected chi connectivity index (χ1v) is 7.43. The Kier molecular flexibility index (Phi) is 6.69. The predicted molar refractivity (Wildman–Crippen MR) is 94.3 cm³/mol. The van der Waals surface area contributed by atoms with Crippen LogP contribution < -0.4 is 0 Å². The number of aromatic carboxylic acids is 2. The normalized spacial score (nSPS) is 9.74. The van der Waals surface area contributed by atoms with Crippen molar-refractivity contribution < 1.29 is 29.6 Å². The molecule has 0 spiro atoms. The molecule has 10 nitrogen and oxygen atoms in total. The minimum absolute atomic E-state index is 0.0185. The average molecular weight is 376 g/mol. The number of carboxylic acids is 2. The van der Waals surface area contributed by atoms with Crippen LogP contribution in [0.4, 0.5) is 11.4 Å². The summed E-state index contributed by atoms with van der Waals surface area (Å²) in [4.78, 5) is 41.0. The Bertz CT molecular complexity index is 914. The molecule has 142 valence electrons. The van der Waals surface area contributed by atoms with Crippen molar-refractivity contribution >= 4 is 23.3 Å². The van der Waals surface area contributed by atoms with E-state index < -0.39 is 21.8 Å². The van der Waals surface area contributed by atoms with Crippen LogP contribution in [-0.2, 0) is 0 Å². The fraction of sp³-hybridized carbons (Fsp3) is 0.176. The van der Waals surface area contributed by atoms with E-state index in [4.69, 9.17) is 10.2 Å². The van der Waals surface area contributed by atoms with E-state index in [1.165, 1.54) is 51.1 Å². The third kappa shape index (κ3) is 5.33. The molecule has 0 aliphatic rings. The van der Waals surface area contributed by atoms with E-state index in [-0.39, 0.29) is 22.5 Å². The Hall–Kier alpha value is -3.82. The molecule has 0 aromatic heterocycles. The summed E-state index contributed by atoms with van der Waals surface area (Å²) in [5.74, 6) is -2.16. The summed E-state index contributed by atoms with van der Waals surface area (Å²) >= 11 is 0. The number of rotatable bonds is 4. The van der Waals surface area contributed by atoms with Crippen LogP contribution in [0.15, 0.2) is 30.3 Å². The van der Waals surface area contributed by atoms with Gasteiger partial charge in [-0.1, -0.05) is 0 Å². The predicted octanol–water partition coefficient (Wildman–Crippen LogP) is 3.51. The number of carbonyl (C=O) groups is 2. The van der Waals surface area contributed by atoms with E-state index in [1.807, 2.05) is 0 Å². The molecule has 2 aromatic carbocycles. The maximum absolute atomic E-state index is 10.6. The van der Waals surface area contributed by atoms with Crippen LogP contribution in [0, 0.1) is 41.0 Å². The first-order chi connectivity index (χ1) is 12.5. The molecule has 10 heteroatoms. The van der Waals surface area contributed by atoms with Crippen molar-refractivity contribution in [3.63, 3.8) is 0 Å². The summed E-state index contributed by atoms with van der Waals surface area (Å²) < 4.78 is 0. The highest BCUT2D eigenvalue weighted by molar-refractivity contribution is 5.89. The van der Waals surface area contributed by atoms with Gasteiger partial charge in [0, 0.05) is 22.8 Å². The van der Waals surface area contributed by atoms with Crippen LogP contribution >= 0.6 is 0 Å². The van der Waals surface area contributed by atoms with Crippen molar-refractivity contribution in [2.75, 3.05) is 0 Å². The molecule has 0 fully saturated rings. The SMILES string of the molecule is Cc1cc(C(=O)O)cc(C)c1[N+](=O)[O-].Cc1cc(C(=O)O)ccc1[N+](=O)[O-]. The molecule has 0 heterocycles. The second kappa shape index (κ2) is 8.52. The maximum atomic E-state index is 10.6. The second-order valence-electron chi connectivity index (χ2n) is 5.58. The number of aryl methyl sites for hydroxylation is 3. The third-order valence-electron chi connectivity index (χ3n) is 3.56. The average Bonchev–Trinajstić information content (AvgIpc) is 2.53. The van der Waals surface area contributed by atoms with Gasteiger partial charge in [-0.05, 0) is 45.0 Å². The molecule has 27 heavy (non-hydrogen) atoms. The van der Waals surface area contributed by atoms with Gasteiger partial charge in [-0.2, -0.15) is 0 Å². The zero-order chi connectivity index (χ0) is 20.9. The zero-order valence-electron chi connectivity index (χ0n) is 14.6. The van der Waals surface area contributed by atoms with Gasteiger partial charge in [0.15, 0.2) is 0 Å². The van der Waals surface area contributed by atoms with Crippen LogP contribution in [0.25, 0.3) is 0 Å². The van der Waals surface area contributed by atoms with Crippen LogP contribution in [0.1, 0.15) is 37.4 Å². The van der Waals surface area contributed by atoms with Gasteiger partial charge >= 0.3 is 11.9 Å². The first-order valence-electron chi connectivity index (χ1n) is 7.43. The first kappa shape index (κ1) is 21.2. The molecular formula is C17H16N2O8. The smallest absolute Gasteiger partial charge is 0.335 e. The van der Waals surface area contributed by atoms with E-state index in [1.54, 1.807) is 0 Å². The van der Waals surface area contributed by atoms with Crippen molar-refractivity contribution in [1.29, 1.82) is 0 Å². The van der Waals surface area contributed by atoms with Gasteiger partial charge in [0.25, 0.3) is 11.4 Å². The van der Waals surface area contributed by atoms with E-state index in [9.17, 15) is 29.8 Å². The lowest BCUT2D eigenvalue weighted by atomic mass is 10.0. The largest absolute Gasteiger partial charge is 0.478 e. The molecule has 2 N–H and O–H groups in total. The number of nitro benzene ring substituents is 2. The molecule has 0 atom stereocenters. The number of nitro groups is 2. The molecule has 2 rings (SSSR count). The van der Waals surface area contributed by atoms with Gasteiger partial charge in [0.2, 0.25) is 0 Å². The van der Waals surface area contributed by atoms with Crippen molar-refractivity contribution in [1.82, 2.24) is 0 Å². The number of benzene rings is 2. The summed E-state index contributed by atoms with van der Waals surface area (Å²) in [7, 11) is 0. The van der Waals surface area contributed by atoms with Gasteiger partial charge < -0.3 is 10.2 Å². The lowest BCUT2D eigenvalue weighted by Gasteiger charge is -2.02. The van der Waals surface area contributed by atoms with Crippen LogP contribution in [0.2, 0.25) is 0 Å². The minimum atomic E-state index is -1.09. The molecule has 2 aromatic rings. The minimum Gasteiger partial charge on any atom is -0.478 e. The van der Waals surface area contributed by atoms with Gasteiger partial charge in [-0.3, -0.25) is 20.2 Å². The number of hydrogen-bond acceptors (Lipinski definition) is 6. The summed E-state index contributed by atoms with van der Waals surface area (Å²) in [5.41, 5.74) is 1.14. The van der Waals surface area contributed by atoms with E-state index in [0.717, 1.165) is 0 Å². The lowest BCUT2D eigenvalue weighted by Crippen LogP contribution is -2.01. The molecule has 0 saturated carbocycles. The Balaban J connectivity index is 0.000000271. The summed E-state index contributed by atoms with van der Waals surface area (Å²) in [5, 5.41) is 38.2. The molecule has 0 unspecified atom stereocenters. The highest BCUT2D eigenvalue weighted by Crippen LogP contribution is 2.24. The Morgan fingerprint density at radius 3 is 1.56 bits per heavy atom. The topological polar surface area (TPSA) is 161 Å². The quantitative estimate of drug-likeness (QED) is 0.605. The molecule has 0 radical (unpaired) electrons. The highest BCUT2D eigenvalue weighted by Gasteiger charge is 2.17. The van der Waals surface area contributed by atoms with Crippen LogP contribution in [-0.4, -0.2) is 32.0 Å². The molecular weight excluding hydrogens is 360 g/mol. The van der Waals surface area contributed by atoms with E-state index in [0.29, 0.717) is 16.7 Å². The van der Waals surface area contributed by atoms with Gasteiger partial charge in [0.1, 0.15) is 0 Å². The zero-order valence-corrected chi connectivity index (χ0v) is 14.6. The van der Waals surface area contributed by atoms with E-state index in [2.05, 4.69) is 0 Å². The highest BCUT2D eigenvalue weighted by atomic mass is 16.6. The van der Waals surface area contributed by atoms with Gasteiger partial charge in [-0.15, -0.1) is 0 Å². The Morgan fingerprint density at radius 2 is 1.22 bits per heavy atom. The number of nitrogens with zero attached hydrogens (tertiary/aromatic N) is 2. The standard InChI is InChI=1S/C9H9NO4.C8H7NO4/c1-5-3-7(9(11)12)4-6(2)8(5)10(13)14;1-5-4-6(8(10)11)2-3-7(5)9(12)13/h3-4H,1-2H3,(H,11,12);2-4H,1H3,(H,10,11). The Labute approximate surface area is 153 Å². The molecule has 0 aliphatic carbocycles. The van der Waals surface area contributed by atoms with Crippen molar-refractivity contribution in [3.8, 4) is 0 Å². The summed E-state index contributed by atoms with van der Waals surface area (Å²) in [6, 6.07) is 6.29.